The molecule has 25 heavy (non-hydrogen) atoms. The Bertz CT molecular complexity index is 713. The first kappa shape index (κ1) is 17.3. The van der Waals surface area contributed by atoms with Crippen LogP contribution in [0.15, 0.2) is 30.6 Å². The van der Waals surface area contributed by atoms with E-state index in [9.17, 15) is 4.79 Å². The Kier molecular flexibility index (Phi) is 5.55. The van der Waals surface area contributed by atoms with Crippen LogP contribution in [0.2, 0.25) is 0 Å². The molecule has 7 nitrogen and oxygen atoms in total. The van der Waals surface area contributed by atoms with Crippen molar-refractivity contribution in [2.24, 2.45) is 0 Å². The van der Waals surface area contributed by atoms with E-state index in [-0.39, 0.29) is 5.91 Å². The summed E-state index contributed by atoms with van der Waals surface area (Å²) in [5, 5.41) is 2.89. The zero-order chi connectivity index (χ0) is 17.6. The van der Waals surface area contributed by atoms with Crippen LogP contribution in [-0.2, 0) is 6.54 Å². The molecule has 132 valence electrons. The van der Waals surface area contributed by atoms with Crippen LogP contribution in [0.25, 0.3) is 0 Å². The lowest BCUT2D eigenvalue weighted by atomic mass is 10.2. The zero-order valence-electron chi connectivity index (χ0n) is 14.8. The molecule has 0 spiro atoms. The van der Waals surface area contributed by atoms with E-state index in [1.807, 2.05) is 19.1 Å². The van der Waals surface area contributed by atoms with Crippen LogP contribution in [-0.4, -0.2) is 58.5 Å². The fourth-order valence-electron chi connectivity index (χ4n) is 2.85. The van der Waals surface area contributed by atoms with E-state index in [1.165, 1.54) is 0 Å². The number of amides is 1. The Labute approximate surface area is 148 Å². The van der Waals surface area contributed by atoms with Gasteiger partial charge in [0, 0.05) is 50.8 Å². The average molecular weight is 340 g/mol. The minimum atomic E-state index is -0.192. The molecule has 1 aliphatic rings. The lowest BCUT2D eigenvalue weighted by molar-refractivity contribution is 0.0945. The van der Waals surface area contributed by atoms with Crippen LogP contribution in [0, 0.1) is 6.92 Å². The fraction of sp³-hybridized carbons (Fsp3) is 0.444. The number of hydrogen-bond donors (Lipinski definition) is 1. The van der Waals surface area contributed by atoms with Gasteiger partial charge in [0.05, 0.1) is 0 Å². The number of carbonyl (C=O) groups is 1. The number of aromatic nitrogens is 3. The summed E-state index contributed by atoms with van der Waals surface area (Å²) in [6.07, 6.45) is 3.45. The highest BCUT2D eigenvalue weighted by atomic mass is 16.1. The van der Waals surface area contributed by atoms with Crippen LogP contribution in [0.3, 0.4) is 0 Å². The minimum Gasteiger partial charge on any atom is -0.347 e. The number of carbonyl (C=O) groups excluding carboxylic acids is 1. The van der Waals surface area contributed by atoms with Gasteiger partial charge in [-0.25, -0.2) is 9.97 Å². The number of nitrogens with one attached hydrogen (secondary N) is 1. The standard InChI is InChI=1S/C18H24N6O/c1-3-23-7-9-24(10-8-23)18-21-14(2)11-16(22-18)17(25)20-13-15-5-4-6-19-12-15/h4-6,11-12H,3,7-10,13H2,1-2H3,(H,20,25). The molecule has 3 heterocycles. The van der Waals surface area contributed by atoms with Gasteiger partial charge in [-0.1, -0.05) is 13.0 Å². The van der Waals surface area contributed by atoms with Crippen LogP contribution in [0.4, 0.5) is 5.95 Å². The first-order valence-corrected chi connectivity index (χ1v) is 8.66. The molecule has 2 aromatic heterocycles. The van der Waals surface area contributed by atoms with Gasteiger partial charge >= 0.3 is 0 Å². The van der Waals surface area contributed by atoms with Gasteiger partial charge in [0.25, 0.3) is 5.91 Å². The third-order valence-electron chi connectivity index (χ3n) is 4.35. The maximum atomic E-state index is 12.5. The number of pyridine rings is 1. The van der Waals surface area contributed by atoms with Gasteiger partial charge in [-0.3, -0.25) is 9.78 Å². The van der Waals surface area contributed by atoms with Crippen LogP contribution in [0.5, 0.6) is 0 Å². The lowest BCUT2D eigenvalue weighted by Crippen LogP contribution is -2.47. The third-order valence-corrected chi connectivity index (χ3v) is 4.35. The summed E-state index contributed by atoms with van der Waals surface area (Å²) in [7, 11) is 0. The summed E-state index contributed by atoms with van der Waals surface area (Å²) in [5.74, 6) is 0.449. The van der Waals surface area contributed by atoms with Gasteiger partial charge in [-0.15, -0.1) is 0 Å². The fourth-order valence-corrected chi connectivity index (χ4v) is 2.85. The van der Waals surface area contributed by atoms with Gasteiger partial charge in [-0.05, 0) is 31.2 Å². The molecule has 2 aromatic rings. The van der Waals surface area contributed by atoms with Gasteiger partial charge in [0.1, 0.15) is 5.69 Å². The second kappa shape index (κ2) is 8.02. The smallest absolute Gasteiger partial charge is 0.270 e. The van der Waals surface area contributed by atoms with Crippen molar-refractivity contribution in [2.75, 3.05) is 37.6 Å². The van der Waals surface area contributed by atoms with Crippen molar-refractivity contribution in [1.82, 2.24) is 25.2 Å². The second-order valence-corrected chi connectivity index (χ2v) is 6.16. The monoisotopic (exact) mass is 340 g/mol. The van der Waals surface area contributed by atoms with Crippen molar-refractivity contribution >= 4 is 11.9 Å². The number of likely N-dealkylation sites (N-methyl/N-ethyl adjacent to an activating group) is 1. The van der Waals surface area contributed by atoms with Gasteiger partial charge < -0.3 is 15.1 Å². The topological polar surface area (TPSA) is 74.2 Å². The summed E-state index contributed by atoms with van der Waals surface area (Å²) in [6.45, 7) is 9.31. The predicted molar refractivity (Wildman–Crippen MR) is 96.5 cm³/mol. The zero-order valence-corrected chi connectivity index (χ0v) is 14.8. The largest absolute Gasteiger partial charge is 0.347 e. The SMILES string of the molecule is CCN1CCN(c2nc(C)cc(C(=O)NCc3cccnc3)n2)CC1. The summed E-state index contributed by atoms with van der Waals surface area (Å²) < 4.78 is 0. The molecule has 7 heteroatoms. The van der Waals surface area contributed by atoms with Crippen molar-refractivity contribution in [3.63, 3.8) is 0 Å². The number of nitrogens with zero attached hydrogens (tertiary/aromatic N) is 5. The number of aryl methyl sites for hydroxylation is 1. The Morgan fingerprint density at radius 3 is 2.72 bits per heavy atom. The van der Waals surface area contributed by atoms with E-state index in [0.29, 0.717) is 18.2 Å². The molecular formula is C18H24N6O. The van der Waals surface area contributed by atoms with Crippen molar-refractivity contribution < 1.29 is 4.79 Å². The normalized spacial score (nSPS) is 15.2. The quantitative estimate of drug-likeness (QED) is 0.883. The molecule has 0 bridgehead atoms. The molecule has 0 unspecified atom stereocenters. The highest BCUT2D eigenvalue weighted by Crippen LogP contribution is 2.13. The highest BCUT2D eigenvalue weighted by Gasteiger charge is 2.19. The first-order chi connectivity index (χ1) is 12.2. The summed E-state index contributed by atoms with van der Waals surface area (Å²) in [4.78, 5) is 30.1. The average Bonchev–Trinajstić information content (AvgIpc) is 2.66. The number of hydrogen-bond acceptors (Lipinski definition) is 6. The van der Waals surface area contributed by atoms with Gasteiger partial charge in [0.15, 0.2) is 0 Å². The van der Waals surface area contributed by atoms with Gasteiger partial charge in [0.2, 0.25) is 5.95 Å². The molecule has 1 aliphatic heterocycles. The molecule has 1 amide bonds. The maximum absolute atomic E-state index is 12.5. The number of piperazine rings is 1. The van der Waals surface area contributed by atoms with Crippen molar-refractivity contribution in [3.05, 3.63) is 47.5 Å². The highest BCUT2D eigenvalue weighted by molar-refractivity contribution is 5.92. The second-order valence-electron chi connectivity index (χ2n) is 6.16. The first-order valence-electron chi connectivity index (χ1n) is 8.66. The van der Waals surface area contributed by atoms with E-state index >= 15 is 0 Å². The van der Waals surface area contributed by atoms with E-state index in [4.69, 9.17) is 0 Å². The van der Waals surface area contributed by atoms with E-state index in [2.05, 4.69) is 37.0 Å². The number of rotatable bonds is 5. The van der Waals surface area contributed by atoms with E-state index in [0.717, 1.165) is 44.0 Å². The molecule has 0 aromatic carbocycles. The maximum Gasteiger partial charge on any atom is 0.270 e. The van der Waals surface area contributed by atoms with Crippen LogP contribution in [0.1, 0.15) is 28.7 Å². The van der Waals surface area contributed by atoms with Crippen LogP contribution >= 0.6 is 0 Å². The van der Waals surface area contributed by atoms with Crippen molar-refractivity contribution in [2.45, 2.75) is 20.4 Å². The summed E-state index contributed by atoms with van der Waals surface area (Å²) >= 11 is 0. The molecule has 0 atom stereocenters. The number of anilines is 1. The molecular weight excluding hydrogens is 316 g/mol. The molecule has 0 aliphatic carbocycles. The van der Waals surface area contributed by atoms with Gasteiger partial charge in [-0.2, -0.15) is 0 Å². The summed E-state index contributed by atoms with van der Waals surface area (Å²) in [6, 6.07) is 5.51. The minimum absolute atomic E-state index is 0.192. The Hall–Kier alpha value is -2.54. The van der Waals surface area contributed by atoms with E-state index in [1.54, 1.807) is 18.5 Å². The molecule has 0 saturated carbocycles. The molecule has 1 fully saturated rings. The van der Waals surface area contributed by atoms with Crippen molar-refractivity contribution in [3.8, 4) is 0 Å². The summed E-state index contributed by atoms with van der Waals surface area (Å²) in [5.41, 5.74) is 2.16. The van der Waals surface area contributed by atoms with E-state index < -0.39 is 0 Å². The predicted octanol–water partition coefficient (Wildman–Crippen LogP) is 1.25. The van der Waals surface area contributed by atoms with Crippen LogP contribution < -0.4 is 10.2 Å². The Morgan fingerprint density at radius 1 is 1.24 bits per heavy atom. The molecule has 3 rings (SSSR count). The lowest BCUT2D eigenvalue weighted by Gasteiger charge is -2.34. The molecule has 0 radical (unpaired) electrons. The Morgan fingerprint density at radius 2 is 2.04 bits per heavy atom. The molecule has 1 N–H and O–H groups in total. The van der Waals surface area contributed by atoms with Crippen molar-refractivity contribution in [1.29, 1.82) is 0 Å². The third kappa shape index (κ3) is 4.51. The Balaban J connectivity index is 1.67. The molecule has 1 saturated heterocycles.